The molecule has 1 atom stereocenters. The summed E-state index contributed by atoms with van der Waals surface area (Å²) in [5.74, 6) is -0.149. The number of carbonyl (C=O) groups is 1. The summed E-state index contributed by atoms with van der Waals surface area (Å²) in [4.78, 5) is 24.2. The molecule has 1 aromatic heterocycles. The van der Waals surface area contributed by atoms with Crippen molar-refractivity contribution in [3.8, 4) is 6.07 Å². The van der Waals surface area contributed by atoms with Crippen molar-refractivity contribution >= 4 is 39.5 Å². The Morgan fingerprint density at radius 3 is 2.96 bits per heavy atom. The number of anilines is 1. The number of nitrogens with one attached hydrogen (secondary N) is 1. The fourth-order valence-electron chi connectivity index (χ4n) is 2.98. The third-order valence-electron chi connectivity index (χ3n) is 4.25. The van der Waals surface area contributed by atoms with Gasteiger partial charge in [-0.2, -0.15) is 5.26 Å². The standard InChI is InChI=1S/C17H14ClN3O3S/c1-9-2-5-15-11(6-9)13(8-19)17(25-15)20-16(22)12-7-10(18)3-4-14(12)21(23)24/h3-4,7,9H,2,5-6H2,1H3,(H,20,22). The quantitative estimate of drug-likeness (QED) is 0.628. The van der Waals surface area contributed by atoms with Gasteiger partial charge in [0.25, 0.3) is 11.6 Å². The van der Waals surface area contributed by atoms with Gasteiger partial charge in [0.05, 0.1) is 10.5 Å². The number of fused-ring (bicyclic) bond motifs is 1. The molecule has 0 radical (unpaired) electrons. The van der Waals surface area contributed by atoms with E-state index < -0.39 is 10.8 Å². The van der Waals surface area contributed by atoms with E-state index in [2.05, 4.69) is 18.3 Å². The van der Waals surface area contributed by atoms with Crippen molar-refractivity contribution in [2.24, 2.45) is 5.92 Å². The molecular formula is C17H14ClN3O3S. The highest BCUT2D eigenvalue weighted by Gasteiger charge is 2.27. The first kappa shape index (κ1) is 17.4. The SMILES string of the molecule is CC1CCc2sc(NC(=O)c3cc(Cl)ccc3[N+](=O)[O-])c(C#N)c2C1. The van der Waals surface area contributed by atoms with Crippen LogP contribution in [0.3, 0.4) is 0 Å². The van der Waals surface area contributed by atoms with Crippen molar-refractivity contribution in [2.45, 2.75) is 26.2 Å². The fraction of sp³-hybridized carbons (Fsp3) is 0.294. The average Bonchev–Trinajstić information content (AvgIpc) is 2.90. The molecule has 6 nitrogen and oxygen atoms in total. The van der Waals surface area contributed by atoms with Crippen LogP contribution in [0.15, 0.2) is 18.2 Å². The van der Waals surface area contributed by atoms with Crippen molar-refractivity contribution in [1.29, 1.82) is 5.26 Å². The first-order valence-corrected chi connectivity index (χ1v) is 8.90. The first-order chi connectivity index (χ1) is 11.9. The van der Waals surface area contributed by atoms with Crippen LogP contribution in [-0.4, -0.2) is 10.8 Å². The predicted octanol–water partition coefficient (Wildman–Crippen LogP) is 4.56. The van der Waals surface area contributed by atoms with Gasteiger partial charge in [-0.25, -0.2) is 0 Å². The summed E-state index contributed by atoms with van der Waals surface area (Å²) in [6.45, 7) is 2.13. The van der Waals surface area contributed by atoms with E-state index in [-0.39, 0.29) is 16.3 Å². The lowest BCUT2D eigenvalue weighted by atomic mass is 9.88. The van der Waals surface area contributed by atoms with Crippen LogP contribution in [0.4, 0.5) is 10.7 Å². The van der Waals surface area contributed by atoms with E-state index in [4.69, 9.17) is 11.6 Å². The number of nitrogens with zero attached hydrogens (tertiary/aromatic N) is 2. The minimum Gasteiger partial charge on any atom is -0.312 e. The van der Waals surface area contributed by atoms with Crippen molar-refractivity contribution in [3.63, 3.8) is 0 Å². The molecule has 1 aliphatic rings. The second-order valence-electron chi connectivity index (χ2n) is 6.04. The maximum Gasteiger partial charge on any atom is 0.282 e. The van der Waals surface area contributed by atoms with Gasteiger partial charge in [0.1, 0.15) is 16.6 Å². The maximum absolute atomic E-state index is 12.6. The Labute approximate surface area is 153 Å². The van der Waals surface area contributed by atoms with Crippen LogP contribution in [0.5, 0.6) is 0 Å². The minimum absolute atomic E-state index is 0.124. The number of aryl methyl sites for hydroxylation is 1. The molecule has 1 aromatic carbocycles. The normalized spacial score (nSPS) is 16.0. The van der Waals surface area contributed by atoms with Crippen LogP contribution in [0.1, 0.15) is 39.7 Å². The number of halogens is 1. The Morgan fingerprint density at radius 2 is 2.28 bits per heavy atom. The van der Waals surface area contributed by atoms with Crippen LogP contribution >= 0.6 is 22.9 Å². The molecule has 0 fully saturated rings. The van der Waals surface area contributed by atoms with Gasteiger partial charge in [0.2, 0.25) is 0 Å². The maximum atomic E-state index is 12.6. The summed E-state index contributed by atoms with van der Waals surface area (Å²) in [6, 6.07) is 5.99. The number of carbonyl (C=O) groups excluding carboxylic acids is 1. The summed E-state index contributed by atoms with van der Waals surface area (Å²) < 4.78 is 0. The molecule has 0 saturated heterocycles. The lowest BCUT2D eigenvalue weighted by Crippen LogP contribution is -2.14. The number of nitriles is 1. The van der Waals surface area contributed by atoms with E-state index in [1.807, 2.05) is 0 Å². The number of benzene rings is 1. The zero-order chi connectivity index (χ0) is 18.1. The monoisotopic (exact) mass is 375 g/mol. The van der Waals surface area contributed by atoms with Crippen LogP contribution < -0.4 is 5.32 Å². The smallest absolute Gasteiger partial charge is 0.282 e. The number of thiophene rings is 1. The Balaban J connectivity index is 1.96. The zero-order valence-electron chi connectivity index (χ0n) is 13.3. The molecule has 2 aromatic rings. The molecule has 3 rings (SSSR count). The van der Waals surface area contributed by atoms with E-state index in [0.29, 0.717) is 16.5 Å². The van der Waals surface area contributed by atoms with Gasteiger partial charge in [0.15, 0.2) is 0 Å². The van der Waals surface area contributed by atoms with Gasteiger partial charge in [0, 0.05) is 16.0 Å². The van der Waals surface area contributed by atoms with E-state index >= 15 is 0 Å². The molecule has 1 N–H and O–H groups in total. The first-order valence-electron chi connectivity index (χ1n) is 7.70. The Bertz CT molecular complexity index is 917. The Morgan fingerprint density at radius 1 is 1.52 bits per heavy atom. The fourth-order valence-corrected chi connectivity index (χ4v) is 4.35. The largest absolute Gasteiger partial charge is 0.312 e. The number of hydrogen-bond donors (Lipinski definition) is 1. The number of hydrogen-bond acceptors (Lipinski definition) is 5. The highest BCUT2D eigenvalue weighted by atomic mass is 35.5. The van der Waals surface area contributed by atoms with Gasteiger partial charge < -0.3 is 5.32 Å². The van der Waals surface area contributed by atoms with Gasteiger partial charge in [-0.15, -0.1) is 11.3 Å². The Hall–Kier alpha value is -2.43. The summed E-state index contributed by atoms with van der Waals surface area (Å²) in [5.41, 5.74) is 1.00. The molecule has 25 heavy (non-hydrogen) atoms. The lowest BCUT2D eigenvalue weighted by molar-refractivity contribution is -0.385. The number of amides is 1. The topological polar surface area (TPSA) is 96.0 Å². The molecule has 8 heteroatoms. The average molecular weight is 376 g/mol. The second kappa shape index (κ2) is 6.82. The third kappa shape index (κ3) is 3.36. The van der Waals surface area contributed by atoms with Crippen molar-refractivity contribution in [3.05, 3.63) is 54.9 Å². The van der Waals surface area contributed by atoms with Crippen LogP contribution in [0.25, 0.3) is 0 Å². The molecule has 1 aliphatic carbocycles. The van der Waals surface area contributed by atoms with Crippen molar-refractivity contribution in [2.75, 3.05) is 5.32 Å². The number of nitro benzene ring substituents is 1. The van der Waals surface area contributed by atoms with E-state index in [1.54, 1.807) is 0 Å². The third-order valence-corrected chi connectivity index (χ3v) is 5.69. The summed E-state index contributed by atoms with van der Waals surface area (Å²) >= 11 is 7.25. The van der Waals surface area contributed by atoms with Crippen molar-refractivity contribution in [1.82, 2.24) is 0 Å². The van der Waals surface area contributed by atoms with Gasteiger partial charge in [-0.1, -0.05) is 18.5 Å². The van der Waals surface area contributed by atoms with Gasteiger partial charge >= 0.3 is 0 Å². The molecule has 0 spiro atoms. The zero-order valence-corrected chi connectivity index (χ0v) is 14.9. The number of nitro groups is 1. The van der Waals surface area contributed by atoms with E-state index in [9.17, 15) is 20.2 Å². The Kier molecular flexibility index (Phi) is 4.75. The second-order valence-corrected chi connectivity index (χ2v) is 7.58. The minimum atomic E-state index is -0.641. The molecule has 128 valence electrons. The number of rotatable bonds is 3. The van der Waals surface area contributed by atoms with Gasteiger partial charge in [-0.05, 0) is 42.9 Å². The predicted molar refractivity (Wildman–Crippen MR) is 96.3 cm³/mol. The highest BCUT2D eigenvalue weighted by molar-refractivity contribution is 7.16. The molecule has 1 heterocycles. The molecular weight excluding hydrogens is 362 g/mol. The van der Waals surface area contributed by atoms with E-state index in [1.165, 1.54) is 29.5 Å². The van der Waals surface area contributed by atoms with E-state index in [0.717, 1.165) is 29.7 Å². The van der Waals surface area contributed by atoms with Gasteiger partial charge in [-0.3, -0.25) is 14.9 Å². The van der Waals surface area contributed by atoms with Crippen LogP contribution in [0.2, 0.25) is 5.02 Å². The lowest BCUT2D eigenvalue weighted by Gasteiger charge is -2.17. The highest BCUT2D eigenvalue weighted by Crippen LogP contribution is 2.39. The molecule has 0 aliphatic heterocycles. The summed E-state index contributed by atoms with van der Waals surface area (Å²) in [5, 5.41) is 24.0. The molecule has 1 unspecified atom stereocenters. The molecule has 0 bridgehead atoms. The molecule has 1 amide bonds. The van der Waals surface area contributed by atoms with Crippen LogP contribution in [0, 0.1) is 27.4 Å². The molecule has 0 saturated carbocycles. The van der Waals surface area contributed by atoms with Crippen molar-refractivity contribution < 1.29 is 9.72 Å². The summed E-state index contributed by atoms with van der Waals surface area (Å²) in [6.07, 6.45) is 2.73. The summed E-state index contributed by atoms with van der Waals surface area (Å²) in [7, 11) is 0. The van der Waals surface area contributed by atoms with Crippen LogP contribution in [-0.2, 0) is 12.8 Å².